The standard InChI is InChI=1S/C29H31NO4/c1-3-5-8-19-34-22-16-14-21(15-17-22)26-25(28(32)29(33)30(26)18-4-2)27(31)24-13-9-11-20-10-6-7-12-23(20)24/h6-7,9-17,26,31H,3-5,8,18-19H2,1-2H3/b27-25-. The van der Waals surface area contributed by atoms with Crippen LogP contribution in [-0.4, -0.2) is 34.8 Å². The number of Topliss-reactive ketones (excluding diaryl/α,β-unsaturated/α-hetero) is 1. The minimum absolute atomic E-state index is 0.131. The van der Waals surface area contributed by atoms with Crippen molar-refractivity contribution < 1.29 is 19.4 Å². The highest BCUT2D eigenvalue weighted by molar-refractivity contribution is 6.46. The fourth-order valence-electron chi connectivity index (χ4n) is 4.56. The van der Waals surface area contributed by atoms with Crippen LogP contribution in [0.3, 0.4) is 0 Å². The van der Waals surface area contributed by atoms with Gasteiger partial charge in [-0.15, -0.1) is 0 Å². The zero-order chi connectivity index (χ0) is 24.1. The Balaban J connectivity index is 1.76. The summed E-state index contributed by atoms with van der Waals surface area (Å²) in [4.78, 5) is 27.7. The summed E-state index contributed by atoms with van der Waals surface area (Å²) >= 11 is 0. The third kappa shape index (κ3) is 4.56. The maximum atomic E-state index is 13.2. The topological polar surface area (TPSA) is 66.8 Å². The monoisotopic (exact) mass is 457 g/mol. The molecule has 3 aromatic carbocycles. The van der Waals surface area contributed by atoms with Gasteiger partial charge in [0.15, 0.2) is 0 Å². The van der Waals surface area contributed by atoms with Crippen molar-refractivity contribution in [3.8, 4) is 5.75 Å². The molecule has 1 saturated heterocycles. The predicted molar refractivity (Wildman–Crippen MR) is 135 cm³/mol. The molecular formula is C29H31NO4. The second-order valence-electron chi connectivity index (χ2n) is 8.64. The molecule has 1 fully saturated rings. The molecule has 176 valence electrons. The van der Waals surface area contributed by atoms with Gasteiger partial charge in [0.05, 0.1) is 18.2 Å². The van der Waals surface area contributed by atoms with Crippen molar-refractivity contribution in [2.75, 3.05) is 13.2 Å². The van der Waals surface area contributed by atoms with Crippen LogP contribution < -0.4 is 4.74 Å². The van der Waals surface area contributed by atoms with Gasteiger partial charge < -0.3 is 14.7 Å². The number of nitrogens with zero attached hydrogens (tertiary/aromatic N) is 1. The third-order valence-electron chi connectivity index (χ3n) is 6.26. The Hall–Kier alpha value is -3.60. The summed E-state index contributed by atoms with van der Waals surface area (Å²) in [6.07, 6.45) is 3.96. The van der Waals surface area contributed by atoms with Gasteiger partial charge in [0, 0.05) is 12.1 Å². The van der Waals surface area contributed by atoms with E-state index in [0.717, 1.165) is 41.3 Å². The molecule has 34 heavy (non-hydrogen) atoms. The largest absolute Gasteiger partial charge is 0.507 e. The van der Waals surface area contributed by atoms with Gasteiger partial charge in [-0.3, -0.25) is 9.59 Å². The number of likely N-dealkylation sites (tertiary alicyclic amines) is 1. The van der Waals surface area contributed by atoms with Crippen molar-refractivity contribution in [2.24, 2.45) is 0 Å². The molecule has 1 amide bonds. The molecule has 1 N–H and O–H groups in total. The Bertz CT molecular complexity index is 1210. The first-order valence-corrected chi connectivity index (χ1v) is 12.1. The van der Waals surface area contributed by atoms with E-state index in [-0.39, 0.29) is 11.3 Å². The van der Waals surface area contributed by atoms with Gasteiger partial charge in [-0.2, -0.15) is 0 Å². The SMILES string of the molecule is CCCCCOc1ccc(C2/C(=C(/O)c3cccc4ccccc34)C(=O)C(=O)N2CCC)cc1. The summed E-state index contributed by atoms with van der Waals surface area (Å²) in [5.74, 6) is -0.614. The summed E-state index contributed by atoms with van der Waals surface area (Å²) in [5, 5.41) is 13.2. The number of hydrogen-bond acceptors (Lipinski definition) is 4. The van der Waals surface area contributed by atoms with E-state index in [1.165, 1.54) is 0 Å². The van der Waals surface area contributed by atoms with Gasteiger partial charge in [0.25, 0.3) is 11.7 Å². The van der Waals surface area contributed by atoms with Crippen molar-refractivity contribution >= 4 is 28.2 Å². The number of rotatable bonds is 9. The van der Waals surface area contributed by atoms with Crippen LogP contribution in [-0.2, 0) is 9.59 Å². The summed E-state index contributed by atoms with van der Waals surface area (Å²) < 4.78 is 5.83. The average molecular weight is 458 g/mol. The summed E-state index contributed by atoms with van der Waals surface area (Å²) in [6.45, 7) is 5.20. The van der Waals surface area contributed by atoms with Crippen LogP contribution in [0.4, 0.5) is 0 Å². The number of benzene rings is 3. The van der Waals surface area contributed by atoms with Crippen LogP contribution in [0.5, 0.6) is 5.75 Å². The first-order valence-electron chi connectivity index (χ1n) is 12.1. The first-order chi connectivity index (χ1) is 16.6. The van der Waals surface area contributed by atoms with Crippen molar-refractivity contribution in [3.05, 3.63) is 83.4 Å². The van der Waals surface area contributed by atoms with Gasteiger partial charge in [0.2, 0.25) is 0 Å². The van der Waals surface area contributed by atoms with Crippen LogP contribution in [0.1, 0.15) is 56.7 Å². The van der Waals surface area contributed by atoms with E-state index >= 15 is 0 Å². The number of hydrogen-bond donors (Lipinski definition) is 1. The lowest BCUT2D eigenvalue weighted by Crippen LogP contribution is -2.30. The molecule has 0 spiro atoms. The maximum Gasteiger partial charge on any atom is 0.295 e. The fourth-order valence-corrected chi connectivity index (χ4v) is 4.56. The van der Waals surface area contributed by atoms with Crippen LogP contribution in [0.2, 0.25) is 0 Å². The van der Waals surface area contributed by atoms with E-state index in [4.69, 9.17) is 4.74 Å². The number of aliphatic hydroxyl groups is 1. The quantitative estimate of drug-likeness (QED) is 0.179. The van der Waals surface area contributed by atoms with Crippen molar-refractivity contribution in [2.45, 2.75) is 45.6 Å². The zero-order valence-corrected chi connectivity index (χ0v) is 19.8. The van der Waals surface area contributed by atoms with Gasteiger partial charge in [-0.25, -0.2) is 0 Å². The number of carbonyl (C=O) groups excluding carboxylic acids is 2. The molecule has 5 nitrogen and oxygen atoms in total. The van der Waals surface area contributed by atoms with Gasteiger partial charge >= 0.3 is 0 Å². The summed E-state index contributed by atoms with van der Waals surface area (Å²) in [7, 11) is 0. The number of unbranched alkanes of at least 4 members (excludes halogenated alkanes) is 2. The zero-order valence-electron chi connectivity index (χ0n) is 19.8. The third-order valence-corrected chi connectivity index (χ3v) is 6.26. The maximum absolute atomic E-state index is 13.2. The van der Waals surface area contributed by atoms with Gasteiger partial charge in [-0.1, -0.05) is 81.3 Å². The lowest BCUT2D eigenvalue weighted by atomic mass is 9.93. The molecule has 3 aromatic rings. The van der Waals surface area contributed by atoms with Crippen molar-refractivity contribution in [3.63, 3.8) is 0 Å². The Kier molecular flexibility index (Phi) is 7.31. The van der Waals surface area contributed by atoms with E-state index in [9.17, 15) is 14.7 Å². The molecule has 0 radical (unpaired) electrons. The molecule has 1 unspecified atom stereocenters. The molecule has 1 atom stereocenters. The number of carbonyl (C=O) groups is 2. The van der Waals surface area contributed by atoms with E-state index in [1.807, 2.05) is 67.6 Å². The lowest BCUT2D eigenvalue weighted by molar-refractivity contribution is -0.139. The Labute approximate surface area is 200 Å². The Morgan fingerprint density at radius 2 is 1.65 bits per heavy atom. The highest BCUT2D eigenvalue weighted by atomic mass is 16.5. The minimum Gasteiger partial charge on any atom is -0.507 e. The van der Waals surface area contributed by atoms with Crippen LogP contribution in [0.25, 0.3) is 16.5 Å². The molecule has 0 aromatic heterocycles. The van der Waals surface area contributed by atoms with Crippen molar-refractivity contribution in [1.29, 1.82) is 0 Å². The molecule has 0 saturated carbocycles. The predicted octanol–water partition coefficient (Wildman–Crippen LogP) is 6.24. The van der Waals surface area contributed by atoms with Crippen LogP contribution >= 0.6 is 0 Å². The number of fused-ring (bicyclic) bond motifs is 1. The van der Waals surface area contributed by atoms with Crippen LogP contribution in [0, 0.1) is 0 Å². The normalized spacial score (nSPS) is 17.5. The van der Waals surface area contributed by atoms with E-state index in [1.54, 1.807) is 11.0 Å². The number of ether oxygens (including phenoxy) is 1. The fraction of sp³-hybridized carbons (Fsp3) is 0.310. The highest BCUT2D eigenvalue weighted by Crippen LogP contribution is 2.40. The highest BCUT2D eigenvalue weighted by Gasteiger charge is 2.45. The lowest BCUT2D eigenvalue weighted by Gasteiger charge is -2.25. The molecular weight excluding hydrogens is 426 g/mol. The average Bonchev–Trinajstić information content (AvgIpc) is 3.11. The smallest absolute Gasteiger partial charge is 0.295 e. The molecule has 1 aliphatic heterocycles. The number of ketones is 1. The molecule has 5 heteroatoms. The number of aliphatic hydroxyl groups excluding tert-OH is 1. The van der Waals surface area contributed by atoms with E-state index < -0.39 is 17.7 Å². The Morgan fingerprint density at radius 1 is 0.912 bits per heavy atom. The second kappa shape index (κ2) is 10.6. The summed E-state index contributed by atoms with van der Waals surface area (Å²) in [6, 6.07) is 20.1. The van der Waals surface area contributed by atoms with E-state index in [0.29, 0.717) is 25.1 Å². The molecule has 1 aliphatic rings. The molecule has 0 aliphatic carbocycles. The molecule has 4 rings (SSSR count). The van der Waals surface area contributed by atoms with Gasteiger partial charge in [-0.05, 0) is 41.3 Å². The second-order valence-corrected chi connectivity index (χ2v) is 8.64. The first kappa shape index (κ1) is 23.6. The minimum atomic E-state index is -0.649. The van der Waals surface area contributed by atoms with Gasteiger partial charge in [0.1, 0.15) is 11.5 Å². The van der Waals surface area contributed by atoms with E-state index in [2.05, 4.69) is 6.92 Å². The Morgan fingerprint density at radius 3 is 2.38 bits per heavy atom. The molecule has 0 bridgehead atoms. The van der Waals surface area contributed by atoms with Crippen LogP contribution in [0.15, 0.2) is 72.3 Å². The molecule has 1 heterocycles. The summed E-state index contributed by atoms with van der Waals surface area (Å²) in [5.41, 5.74) is 1.45. The van der Waals surface area contributed by atoms with Crippen molar-refractivity contribution in [1.82, 2.24) is 4.90 Å². The number of amides is 1.